The van der Waals surface area contributed by atoms with Crippen LogP contribution in [-0.4, -0.2) is 48.4 Å². The van der Waals surface area contributed by atoms with Crippen molar-refractivity contribution >= 4 is 21.7 Å². The maximum absolute atomic E-state index is 11.7. The monoisotopic (exact) mass is 286 g/mol. The van der Waals surface area contributed by atoms with Crippen LogP contribution in [0.15, 0.2) is 24.4 Å². The molecule has 104 valence electrons. The quantitative estimate of drug-likeness (QED) is 0.742. The number of amides is 1. The van der Waals surface area contributed by atoms with Crippen LogP contribution in [0.1, 0.15) is 16.9 Å². The van der Waals surface area contributed by atoms with Gasteiger partial charge in [-0.05, 0) is 18.6 Å². The molecule has 1 unspecified atom stereocenters. The zero-order chi connectivity index (χ0) is 14.5. The van der Waals surface area contributed by atoms with Crippen LogP contribution in [0.2, 0.25) is 0 Å². The normalized spacial score (nSPS) is 12.7. The van der Waals surface area contributed by atoms with Crippen LogP contribution in [-0.2, 0) is 14.6 Å². The number of pyridine rings is 1. The molecule has 1 rings (SSSR count). The van der Waals surface area contributed by atoms with E-state index in [-0.39, 0.29) is 17.9 Å². The number of sulfone groups is 1. The fourth-order valence-electron chi connectivity index (χ4n) is 1.32. The molecule has 0 bridgehead atoms. The van der Waals surface area contributed by atoms with Gasteiger partial charge in [-0.3, -0.25) is 9.78 Å². The predicted octanol–water partition coefficient (Wildman–Crippen LogP) is -0.301. The molecule has 7 nitrogen and oxygen atoms in total. The first-order chi connectivity index (χ1) is 8.79. The van der Waals surface area contributed by atoms with E-state index in [0.717, 1.165) is 6.26 Å². The largest absolute Gasteiger partial charge is 0.480 e. The number of carbonyl (C=O) groups excluding carboxylic acids is 1. The summed E-state index contributed by atoms with van der Waals surface area (Å²) in [6.45, 7) is 0. The number of nitrogens with one attached hydrogen (secondary N) is 1. The molecular formula is C11H14N2O5S. The summed E-state index contributed by atoms with van der Waals surface area (Å²) in [7, 11) is -3.28. The van der Waals surface area contributed by atoms with Gasteiger partial charge in [-0.2, -0.15) is 0 Å². The lowest BCUT2D eigenvalue weighted by Crippen LogP contribution is -2.42. The van der Waals surface area contributed by atoms with Crippen molar-refractivity contribution in [2.75, 3.05) is 12.0 Å². The van der Waals surface area contributed by atoms with E-state index in [1.165, 1.54) is 12.3 Å². The van der Waals surface area contributed by atoms with Crippen LogP contribution in [0.3, 0.4) is 0 Å². The first-order valence-electron chi connectivity index (χ1n) is 5.42. The Kier molecular flexibility index (Phi) is 4.99. The molecule has 0 radical (unpaired) electrons. The Morgan fingerprint density at radius 2 is 2.11 bits per heavy atom. The van der Waals surface area contributed by atoms with Crippen LogP contribution in [0.5, 0.6) is 0 Å². The summed E-state index contributed by atoms with van der Waals surface area (Å²) in [6.07, 6.45) is 2.22. The van der Waals surface area contributed by atoms with Crippen molar-refractivity contribution in [3.05, 3.63) is 30.1 Å². The smallest absolute Gasteiger partial charge is 0.326 e. The van der Waals surface area contributed by atoms with Gasteiger partial charge in [0.1, 0.15) is 21.6 Å². The summed E-state index contributed by atoms with van der Waals surface area (Å²) in [4.78, 5) is 26.4. The first-order valence-corrected chi connectivity index (χ1v) is 7.48. The van der Waals surface area contributed by atoms with Crippen molar-refractivity contribution < 1.29 is 23.1 Å². The van der Waals surface area contributed by atoms with E-state index in [4.69, 9.17) is 5.11 Å². The molecule has 0 aliphatic rings. The SMILES string of the molecule is CS(=O)(=O)CCC(NC(=O)c1ccccn1)C(=O)O. The van der Waals surface area contributed by atoms with Gasteiger partial charge in [0.25, 0.3) is 5.91 Å². The number of hydrogen-bond donors (Lipinski definition) is 2. The number of aliphatic carboxylic acids is 1. The van der Waals surface area contributed by atoms with E-state index in [1.807, 2.05) is 0 Å². The van der Waals surface area contributed by atoms with Gasteiger partial charge in [-0.15, -0.1) is 0 Å². The van der Waals surface area contributed by atoms with Crippen molar-refractivity contribution in [3.63, 3.8) is 0 Å². The topological polar surface area (TPSA) is 113 Å². The number of carboxylic acid groups (broad SMARTS) is 1. The highest BCUT2D eigenvalue weighted by Crippen LogP contribution is 2.00. The van der Waals surface area contributed by atoms with Gasteiger partial charge in [0, 0.05) is 12.5 Å². The Morgan fingerprint density at radius 3 is 2.58 bits per heavy atom. The third-order valence-corrected chi connectivity index (χ3v) is 3.26. The second-order valence-electron chi connectivity index (χ2n) is 4.00. The van der Waals surface area contributed by atoms with E-state index in [0.29, 0.717) is 0 Å². The summed E-state index contributed by atoms with van der Waals surface area (Å²) >= 11 is 0. The fourth-order valence-corrected chi connectivity index (χ4v) is 1.98. The van der Waals surface area contributed by atoms with Gasteiger partial charge in [-0.1, -0.05) is 6.07 Å². The molecule has 0 saturated carbocycles. The molecule has 1 atom stereocenters. The van der Waals surface area contributed by atoms with Gasteiger partial charge >= 0.3 is 5.97 Å². The predicted molar refractivity (Wildman–Crippen MR) is 67.5 cm³/mol. The van der Waals surface area contributed by atoms with E-state index < -0.39 is 27.8 Å². The van der Waals surface area contributed by atoms with Gasteiger partial charge < -0.3 is 10.4 Å². The summed E-state index contributed by atoms with van der Waals surface area (Å²) in [5, 5.41) is 11.2. The summed E-state index contributed by atoms with van der Waals surface area (Å²) < 4.78 is 22.0. The second kappa shape index (κ2) is 6.28. The molecule has 0 spiro atoms. The number of aromatic nitrogens is 1. The zero-order valence-corrected chi connectivity index (χ0v) is 11.1. The molecule has 19 heavy (non-hydrogen) atoms. The highest BCUT2D eigenvalue weighted by molar-refractivity contribution is 7.90. The van der Waals surface area contributed by atoms with Crippen LogP contribution in [0.4, 0.5) is 0 Å². The minimum Gasteiger partial charge on any atom is -0.480 e. The third-order valence-electron chi connectivity index (χ3n) is 2.28. The Morgan fingerprint density at radius 1 is 1.42 bits per heavy atom. The second-order valence-corrected chi connectivity index (χ2v) is 6.26. The van der Waals surface area contributed by atoms with Crippen LogP contribution in [0, 0.1) is 0 Å². The van der Waals surface area contributed by atoms with Crippen molar-refractivity contribution in [1.82, 2.24) is 10.3 Å². The molecule has 1 amide bonds. The highest BCUT2D eigenvalue weighted by atomic mass is 32.2. The van der Waals surface area contributed by atoms with Gasteiger partial charge in [0.15, 0.2) is 0 Å². The average Bonchev–Trinajstić information content (AvgIpc) is 2.33. The Balaban J connectivity index is 2.69. The van der Waals surface area contributed by atoms with Crippen molar-refractivity contribution in [1.29, 1.82) is 0 Å². The Hall–Kier alpha value is -1.96. The molecule has 0 saturated heterocycles. The molecule has 0 fully saturated rings. The van der Waals surface area contributed by atoms with Crippen molar-refractivity contribution in [2.45, 2.75) is 12.5 Å². The Bertz CT molecular complexity index is 556. The minimum absolute atomic E-state index is 0.0769. The summed E-state index contributed by atoms with van der Waals surface area (Å²) in [5.74, 6) is -2.25. The van der Waals surface area contributed by atoms with E-state index >= 15 is 0 Å². The molecule has 0 aliphatic heterocycles. The van der Waals surface area contributed by atoms with Crippen molar-refractivity contribution in [2.24, 2.45) is 0 Å². The average molecular weight is 286 g/mol. The van der Waals surface area contributed by atoms with Crippen LogP contribution >= 0.6 is 0 Å². The molecule has 1 aromatic rings. The number of carbonyl (C=O) groups is 2. The number of rotatable bonds is 6. The molecular weight excluding hydrogens is 272 g/mol. The van der Waals surface area contributed by atoms with Crippen molar-refractivity contribution in [3.8, 4) is 0 Å². The maximum Gasteiger partial charge on any atom is 0.326 e. The highest BCUT2D eigenvalue weighted by Gasteiger charge is 2.22. The molecule has 8 heteroatoms. The van der Waals surface area contributed by atoms with Gasteiger partial charge in [0.05, 0.1) is 5.75 Å². The lowest BCUT2D eigenvalue weighted by atomic mass is 10.2. The molecule has 0 aromatic carbocycles. The van der Waals surface area contributed by atoms with E-state index in [9.17, 15) is 18.0 Å². The molecule has 2 N–H and O–H groups in total. The maximum atomic E-state index is 11.7. The molecule has 1 heterocycles. The van der Waals surface area contributed by atoms with Gasteiger partial charge in [-0.25, -0.2) is 13.2 Å². The number of carboxylic acids is 1. The lowest BCUT2D eigenvalue weighted by Gasteiger charge is -2.13. The van der Waals surface area contributed by atoms with Gasteiger partial charge in [0.2, 0.25) is 0 Å². The molecule has 1 aromatic heterocycles. The third kappa shape index (κ3) is 5.47. The lowest BCUT2D eigenvalue weighted by molar-refractivity contribution is -0.139. The van der Waals surface area contributed by atoms with Crippen LogP contribution < -0.4 is 5.32 Å². The zero-order valence-electron chi connectivity index (χ0n) is 10.2. The minimum atomic E-state index is -3.28. The Labute approximate surface area is 110 Å². The summed E-state index contributed by atoms with van der Waals surface area (Å²) in [5.41, 5.74) is 0.0769. The fraction of sp³-hybridized carbons (Fsp3) is 0.364. The summed E-state index contributed by atoms with van der Waals surface area (Å²) in [6, 6.07) is 3.39. The number of hydrogen-bond acceptors (Lipinski definition) is 5. The van der Waals surface area contributed by atoms with E-state index in [1.54, 1.807) is 12.1 Å². The first kappa shape index (κ1) is 15.1. The number of nitrogens with zero attached hydrogens (tertiary/aromatic N) is 1. The standard InChI is InChI=1S/C11H14N2O5S/c1-19(17,18)7-5-9(11(15)16)13-10(14)8-4-2-3-6-12-8/h2-4,6,9H,5,7H2,1H3,(H,13,14)(H,15,16). The molecule has 0 aliphatic carbocycles. The van der Waals surface area contributed by atoms with Crippen LogP contribution in [0.25, 0.3) is 0 Å². The van der Waals surface area contributed by atoms with E-state index in [2.05, 4.69) is 10.3 Å².